The van der Waals surface area contributed by atoms with Gasteiger partial charge in [0.15, 0.2) is 0 Å². The molecule has 0 amide bonds. The van der Waals surface area contributed by atoms with Crippen LogP contribution in [0.25, 0.3) is 0 Å². The number of nitrogens with two attached hydrogens (primary N) is 7. The summed E-state index contributed by atoms with van der Waals surface area (Å²) in [5.41, 5.74) is 57.4. The van der Waals surface area contributed by atoms with Crippen LogP contribution in [0.15, 0.2) is 121 Å². The van der Waals surface area contributed by atoms with Crippen LogP contribution in [0.1, 0.15) is 50.1 Å². The smallest absolute Gasteiger partial charge is 0.0370 e. The summed E-state index contributed by atoms with van der Waals surface area (Å²) >= 11 is 0. The summed E-state index contributed by atoms with van der Waals surface area (Å²) in [7, 11) is 0. The molecule has 6 rings (SSSR count). The van der Waals surface area contributed by atoms with Gasteiger partial charge in [-0.25, -0.2) is 0 Å². The highest BCUT2D eigenvalue weighted by Gasteiger charge is 2.08. The van der Waals surface area contributed by atoms with E-state index < -0.39 is 0 Å². The summed E-state index contributed by atoms with van der Waals surface area (Å²) in [6.07, 6.45) is 3.20. The Hall–Kier alpha value is -6.08. The lowest BCUT2D eigenvalue weighted by molar-refractivity contribution is 1.14. The van der Waals surface area contributed by atoms with E-state index in [0.29, 0.717) is 0 Å². The molecule has 0 saturated heterocycles. The second-order valence-corrected chi connectivity index (χ2v) is 12.4. The van der Waals surface area contributed by atoms with Crippen molar-refractivity contribution >= 4 is 39.8 Å². The molecule has 0 atom stereocenters. The number of hydrogen-bond donors (Lipinski definition) is 7. The third-order valence-electron chi connectivity index (χ3n) is 8.47. The van der Waals surface area contributed by atoms with Crippen molar-refractivity contribution < 1.29 is 0 Å². The predicted molar refractivity (Wildman–Crippen MR) is 205 cm³/mol. The molecule has 6 aromatic carbocycles. The lowest BCUT2D eigenvalue weighted by Crippen LogP contribution is -2.02. The minimum Gasteiger partial charge on any atom is -0.399 e. The van der Waals surface area contributed by atoms with Crippen molar-refractivity contribution in [3.05, 3.63) is 171 Å². The molecule has 48 heavy (non-hydrogen) atoms. The summed E-state index contributed by atoms with van der Waals surface area (Å²) in [6, 6.07) is 40.1. The van der Waals surface area contributed by atoms with Crippen molar-refractivity contribution in [3.63, 3.8) is 0 Å². The summed E-state index contributed by atoms with van der Waals surface area (Å²) in [4.78, 5) is 0. The minimum atomic E-state index is 0.722. The first kappa shape index (κ1) is 33.3. The fourth-order valence-electron chi connectivity index (χ4n) is 5.60. The highest BCUT2D eigenvalue weighted by molar-refractivity contribution is 5.62. The molecule has 0 radical (unpaired) electrons. The molecule has 0 aromatic heterocycles. The van der Waals surface area contributed by atoms with Gasteiger partial charge in [0.05, 0.1) is 0 Å². The zero-order chi connectivity index (χ0) is 34.2. The van der Waals surface area contributed by atoms with Crippen LogP contribution in [0.5, 0.6) is 0 Å². The minimum absolute atomic E-state index is 0.722. The molecule has 7 heteroatoms. The molecule has 0 spiro atoms. The Morgan fingerprint density at radius 1 is 0.312 bits per heavy atom. The Morgan fingerprint density at radius 2 is 0.646 bits per heavy atom. The third-order valence-corrected chi connectivity index (χ3v) is 8.47. The summed E-state index contributed by atoms with van der Waals surface area (Å²) < 4.78 is 0. The predicted octanol–water partition coefficient (Wildman–Crippen LogP) is 7.12. The van der Waals surface area contributed by atoms with Gasteiger partial charge in [0.25, 0.3) is 0 Å². The van der Waals surface area contributed by atoms with E-state index in [0.717, 1.165) is 87.7 Å². The van der Waals surface area contributed by atoms with E-state index >= 15 is 0 Å². The Bertz CT molecular complexity index is 1980. The van der Waals surface area contributed by atoms with Crippen LogP contribution in [0.3, 0.4) is 0 Å². The molecule has 0 aliphatic carbocycles. The molecular weight excluding hydrogens is 591 g/mol. The molecule has 0 heterocycles. The summed E-state index contributed by atoms with van der Waals surface area (Å²) in [5, 5.41) is 0. The van der Waals surface area contributed by atoms with Crippen molar-refractivity contribution in [1.82, 2.24) is 0 Å². The maximum Gasteiger partial charge on any atom is 0.0370 e. The van der Waals surface area contributed by atoms with Crippen molar-refractivity contribution in [3.8, 4) is 0 Å². The van der Waals surface area contributed by atoms with Gasteiger partial charge < -0.3 is 40.1 Å². The van der Waals surface area contributed by atoms with Crippen LogP contribution in [0, 0.1) is 6.92 Å². The van der Waals surface area contributed by atoms with Crippen molar-refractivity contribution in [1.29, 1.82) is 0 Å². The van der Waals surface area contributed by atoms with Gasteiger partial charge in [0.1, 0.15) is 0 Å². The zero-order valence-electron chi connectivity index (χ0n) is 27.4. The van der Waals surface area contributed by atoms with Crippen LogP contribution in [0.2, 0.25) is 0 Å². The molecular formula is C41H45N7. The summed E-state index contributed by atoms with van der Waals surface area (Å²) in [5.74, 6) is 0. The van der Waals surface area contributed by atoms with Crippen LogP contribution in [-0.2, 0) is 25.7 Å². The Morgan fingerprint density at radius 3 is 1.08 bits per heavy atom. The van der Waals surface area contributed by atoms with E-state index in [1.54, 1.807) is 0 Å². The number of benzene rings is 6. The first-order valence-electron chi connectivity index (χ1n) is 15.9. The molecule has 0 bridgehead atoms. The highest BCUT2D eigenvalue weighted by atomic mass is 14.6. The van der Waals surface area contributed by atoms with Gasteiger partial charge in [-0.1, -0.05) is 66.7 Å². The van der Waals surface area contributed by atoms with E-state index in [1.807, 2.05) is 91.9 Å². The maximum atomic E-state index is 6.17. The van der Waals surface area contributed by atoms with Gasteiger partial charge in [0, 0.05) is 39.8 Å². The normalized spacial score (nSPS) is 10.7. The van der Waals surface area contributed by atoms with Crippen LogP contribution >= 0.6 is 0 Å². The number of rotatable bonds is 8. The first-order valence-corrected chi connectivity index (χ1v) is 15.9. The van der Waals surface area contributed by atoms with Gasteiger partial charge in [-0.3, -0.25) is 0 Å². The molecule has 14 N–H and O–H groups in total. The van der Waals surface area contributed by atoms with Crippen molar-refractivity contribution in [2.75, 3.05) is 40.1 Å². The Labute approximate surface area is 283 Å². The molecule has 0 saturated carbocycles. The molecule has 0 aliphatic heterocycles. The highest BCUT2D eigenvalue weighted by Crippen LogP contribution is 2.26. The number of anilines is 7. The van der Waals surface area contributed by atoms with E-state index in [9.17, 15) is 0 Å². The average molecular weight is 636 g/mol. The van der Waals surface area contributed by atoms with Gasteiger partial charge in [-0.2, -0.15) is 0 Å². The molecule has 6 aromatic rings. The van der Waals surface area contributed by atoms with E-state index in [1.165, 1.54) is 27.8 Å². The second kappa shape index (κ2) is 15.0. The number of aryl methyl sites for hydroxylation is 1. The maximum absolute atomic E-state index is 6.17. The van der Waals surface area contributed by atoms with Crippen LogP contribution in [-0.4, -0.2) is 0 Å². The van der Waals surface area contributed by atoms with Crippen LogP contribution in [0.4, 0.5) is 39.8 Å². The molecule has 7 nitrogen and oxygen atoms in total. The average Bonchev–Trinajstić information content (AvgIpc) is 3.06. The fourth-order valence-corrected chi connectivity index (χ4v) is 5.60. The SMILES string of the molecule is Cc1cc(Cc2ccc(N)c(Cc3ccc(N)cc3)c2)c(N)cc1N.Nc1ccc(Cc2ccc(N)c(Cc3ccc(N)cc3)c2)cc1. The monoisotopic (exact) mass is 635 g/mol. The van der Waals surface area contributed by atoms with Gasteiger partial charge >= 0.3 is 0 Å². The molecule has 0 fully saturated rings. The lowest BCUT2D eigenvalue weighted by Gasteiger charge is -2.12. The van der Waals surface area contributed by atoms with Gasteiger partial charge in [-0.05, 0) is 137 Å². The molecule has 244 valence electrons. The van der Waals surface area contributed by atoms with Gasteiger partial charge in [0.2, 0.25) is 0 Å². The van der Waals surface area contributed by atoms with Gasteiger partial charge in [-0.15, -0.1) is 0 Å². The Kier molecular flexibility index (Phi) is 10.4. The quantitative estimate of drug-likeness (QED) is 0.0869. The van der Waals surface area contributed by atoms with Crippen LogP contribution < -0.4 is 40.1 Å². The topological polar surface area (TPSA) is 182 Å². The number of hydrogen-bond acceptors (Lipinski definition) is 7. The lowest BCUT2D eigenvalue weighted by atomic mass is 9.96. The first-order chi connectivity index (χ1) is 23.0. The van der Waals surface area contributed by atoms with E-state index in [4.69, 9.17) is 40.1 Å². The second-order valence-electron chi connectivity index (χ2n) is 12.4. The Balaban J connectivity index is 0.000000188. The van der Waals surface area contributed by atoms with Crippen molar-refractivity contribution in [2.45, 2.75) is 32.6 Å². The largest absolute Gasteiger partial charge is 0.399 e. The fraction of sp³-hybridized carbons (Fsp3) is 0.122. The molecule has 0 aliphatic rings. The molecule has 0 unspecified atom stereocenters. The summed E-state index contributed by atoms with van der Waals surface area (Å²) in [6.45, 7) is 1.99. The third kappa shape index (κ3) is 9.01. The van der Waals surface area contributed by atoms with E-state index in [-0.39, 0.29) is 0 Å². The van der Waals surface area contributed by atoms with E-state index in [2.05, 4.69) is 36.4 Å². The van der Waals surface area contributed by atoms with Crippen molar-refractivity contribution in [2.24, 2.45) is 0 Å². The number of nitrogen functional groups attached to an aromatic ring is 7. The zero-order valence-corrected chi connectivity index (χ0v) is 27.4. The standard InChI is InChI=1S/C21H24N4.C20H21N3/c1-13-8-16(21(25)12-20(13)24)10-15-4-7-19(23)17(11-15)9-14-2-5-18(22)6-3-14;21-18-6-1-14(2-7-18)11-16-5-10-20(23)17(13-16)12-15-3-8-19(22)9-4-15/h2-8,11-12H,9-10,22-25H2,1H3;1-10,13H,11-12,21-23H2.